The average Bonchev–Trinajstić information content (AvgIpc) is 2.72. The summed E-state index contributed by atoms with van der Waals surface area (Å²) in [5, 5.41) is 6.26. The zero-order chi connectivity index (χ0) is 15.6. The minimum atomic E-state index is -0.0105. The molecule has 2 nitrogen and oxygen atoms in total. The molecule has 0 fully saturated rings. The molecular weight excluding hydrogens is 528 g/mol. The van der Waals surface area contributed by atoms with E-state index in [0.717, 1.165) is 31.7 Å². The Morgan fingerprint density at radius 3 is 2.10 bits per heavy atom. The highest BCUT2D eigenvalue weighted by atomic mass is 79.9. The summed E-state index contributed by atoms with van der Waals surface area (Å²) in [7, 11) is 2.00. The summed E-state index contributed by atoms with van der Waals surface area (Å²) in [5.41, 5.74) is 3.55. The smallest absolute Gasteiger partial charge is 0.0738 e. The van der Waals surface area contributed by atoms with Gasteiger partial charge in [-0.3, -0.25) is 4.68 Å². The molecule has 2 rings (SSSR count). The van der Waals surface area contributed by atoms with Crippen molar-refractivity contribution in [3.8, 4) is 0 Å². The van der Waals surface area contributed by atoms with Gasteiger partial charge in [0, 0.05) is 34.0 Å². The van der Waals surface area contributed by atoms with Crippen molar-refractivity contribution in [1.82, 2.24) is 9.78 Å². The molecule has 6 heteroatoms. The van der Waals surface area contributed by atoms with Crippen LogP contribution in [0.2, 0.25) is 0 Å². The molecule has 0 aliphatic carbocycles. The number of aromatic nitrogens is 2. The number of rotatable bonds is 5. The van der Waals surface area contributed by atoms with E-state index in [1.807, 2.05) is 18.7 Å². The maximum atomic E-state index is 4.50. The number of benzene rings is 1. The third kappa shape index (κ3) is 3.65. The van der Waals surface area contributed by atoms with Crippen molar-refractivity contribution in [3.05, 3.63) is 50.2 Å². The molecule has 0 saturated carbocycles. The number of halogens is 4. The van der Waals surface area contributed by atoms with Gasteiger partial charge in [-0.15, -0.1) is 0 Å². The Morgan fingerprint density at radius 2 is 1.67 bits per heavy atom. The van der Waals surface area contributed by atoms with Crippen LogP contribution in [0, 0.1) is 6.92 Å². The maximum Gasteiger partial charge on any atom is 0.0738 e. The second kappa shape index (κ2) is 7.28. The van der Waals surface area contributed by atoms with E-state index >= 15 is 0 Å². The molecule has 0 unspecified atom stereocenters. The Hall–Kier alpha value is 0.350. The van der Waals surface area contributed by atoms with Crippen molar-refractivity contribution < 1.29 is 0 Å². The Kier molecular flexibility index (Phi) is 6.14. The quantitative estimate of drug-likeness (QED) is 0.454. The van der Waals surface area contributed by atoms with Crippen LogP contribution in [0.4, 0.5) is 0 Å². The Bertz CT molecular complexity index is 615. The van der Waals surface area contributed by atoms with E-state index in [1.165, 1.54) is 11.3 Å². The molecule has 1 aromatic heterocycles. The predicted octanol–water partition coefficient (Wildman–Crippen LogP) is 5.52. The van der Waals surface area contributed by atoms with E-state index in [-0.39, 0.29) is 5.41 Å². The standard InChI is InChI=1S/C15H16Br4N2/c1-10-14(19)13(21(2)20-10)7-15(8-16,9-17)11-3-5-12(18)6-4-11/h3-6H,7-9H2,1-2H3. The Labute approximate surface area is 159 Å². The first kappa shape index (κ1) is 17.7. The molecule has 0 aliphatic rings. The van der Waals surface area contributed by atoms with Gasteiger partial charge in [0.15, 0.2) is 0 Å². The van der Waals surface area contributed by atoms with Gasteiger partial charge >= 0.3 is 0 Å². The maximum absolute atomic E-state index is 4.50. The summed E-state index contributed by atoms with van der Waals surface area (Å²) >= 11 is 14.6. The highest BCUT2D eigenvalue weighted by Crippen LogP contribution is 2.36. The van der Waals surface area contributed by atoms with Crippen LogP contribution in [0.25, 0.3) is 0 Å². The van der Waals surface area contributed by atoms with Gasteiger partial charge in [0.25, 0.3) is 0 Å². The summed E-state index contributed by atoms with van der Waals surface area (Å²) in [6, 6.07) is 8.56. The molecule has 0 amide bonds. The van der Waals surface area contributed by atoms with Crippen molar-refractivity contribution in [2.24, 2.45) is 7.05 Å². The molecule has 2 aromatic rings. The number of hydrogen-bond acceptors (Lipinski definition) is 1. The van der Waals surface area contributed by atoms with Gasteiger partial charge in [0.1, 0.15) is 0 Å². The normalized spacial score (nSPS) is 11.9. The third-order valence-electron chi connectivity index (χ3n) is 3.74. The van der Waals surface area contributed by atoms with Crippen LogP contribution in [0.3, 0.4) is 0 Å². The fourth-order valence-electron chi connectivity index (χ4n) is 2.38. The summed E-state index contributed by atoms with van der Waals surface area (Å²) in [5.74, 6) is 0. The monoisotopic (exact) mass is 540 g/mol. The van der Waals surface area contributed by atoms with Crippen LogP contribution in [-0.4, -0.2) is 20.4 Å². The van der Waals surface area contributed by atoms with Gasteiger partial charge in [-0.1, -0.05) is 59.9 Å². The fourth-order valence-corrected chi connectivity index (χ4v) is 5.10. The van der Waals surface area contributed by atoms with E-state index in [2.05, 4.69) is 93.1 Å². The zero-order valence-electron chi connectivity index (χ0n) is 11.8. The van der Waals surface area contributed by atoms with Crippen LogP contribution < -0.4 is 0 Å². The number of aryl methyl sites for hydroxylation is 2. The van der Waals surface area contributed by atoms with Crippen molar-refractivity contribution in [2.45, 2.75) is 18.8 Å². The van der Waals surface area contributed by atoms with Crippen LogP contribution in [-0.2, 0) is 18.9 Å². The van der Waals surface area contributed by atoms with E-state index in [0.29, 0.717) is 0 Å². The minimum absolute atomic E-state index is 0.0105. The molecular formula is C15H16Br4N2. The molecule has 1 heterocycles. The molecule has 0 radical (unpaired) electrons. The molecule has 0 aliphatic heterocycles. The van der Waals surface area contributed by atoms with Gasteiger partial charge in [-0.2, -0.15) is 5.10 Å². The number of hydrogen-bond donors (Lipinski definition) is 0. The molecule has 114 valence electrons. The first-order valence-corrected chi connectivity index (χ1v) is 10.3. The van der Waals surface area contributed by atoms with E-state index in [1.54, 1.807) is 0 Å². The molecule has 0 saturated heterocycles. The lowest BCUT2D eigenvalue weighted by Gasteiger charge is -2.31. The van der Waals surface area contributed by atoms with Crippen LogP contribution >= 0.6 is 63.7 Å². The predicted molar refractivity (Wildman–Crippen MR) is 103 cm³/mol. The van der Waals surface area contributed by atoms with Gasteiger partial charge in [-0.05, 0) is 40.5 Å². The highest BCUT2D eigenvalue weighted by molar-refractivity contribution is 9.11. The third-order valence-corrected chi connectivity index (χ3v) is 7.44. The van der Waals surface area contributed by atoms with Crippen molar-refractivity contribution in [3.63, 3.8) is 0 Å². The summed E-state index contributed by atoms with van der Waals surface area (Å²) in [6.45, 7) is 2.02. The van der Waals surface area contributed by atoms with Crippen molar-refractivity contribution >= 4 is 63.7 Å². The summed E-state index contributed by atoms with van der Waals surface area (Å²) < 4.78 is 4.17. The van der Waals surface area contributed by atoms with Crippen molar-refractivity contribution in [2.75, 3.05) is 10.7 Å². The summed E-state index contributed by atoms with van der Waals surface area (Å²) in [4.78, 5) is 0. The molecule has 21 heavy (non-hydrogen) atoms. The second-order valence-electron chi connectivity index (χ2n) is 5.20. The van der Waals surface area contributed by atoms with Gasteiger partial charge < -0.3 is 0 Å². The SMILES string of the molecule is Cc1nn(C)c(CC(CBr)(CBr)c2ccc(Br)cc2)c1Br. The van der Waals surface area contributed by atoms with Crippen LogP contribution in [0.1, 0.15) is 17.0 Å². The minimum Gasteiger partial charge on any atom is -0.271 e. The lowest BCUT2D eigenvalue weighted by atomic mass is 9.80. The lowest BCUT2D eigenvalue weighted by molar-refractivity contribution is 0.522. The average molecular weight is 544 g/mol. The first-order chi connectivity index (χ1) is 9.93. The van der Waals surface area contributed by atoms with Gasteiger partial charge in [0.2, 0.25) is 0 Å². The van der Waals surface area contributed by atoms with E-state index in [9.17, 15) is 0 Å². The van der Waals surface area contributed by atoms with E-state index in [4.69, 9.17) is 0 Å². The zero-order valence-corrected chi connectivity index (χ0v) is 18.2. The second-order valence-corrected chi connectivity index (χ2v) is 8.03. The Morgan fingerprint density at radius 1 is 1.10 bits per heavy atom. The molecule has 0 N–H and O–H groups in total. The van der Waals surface area contributed by atoms with E-state index < -0.39 is 0 Å². The van der Waals surface area contributed by atoms with Crippen LogP contribution in [0.5, 0.6) is 0 Å². The molecule has 0 bridgehead atoms. The number of nitrogens with zero attached hydrogens (tertiary/aromatic N) is 2. The van der Waals surface area contributed by atoms with Crippen LogP contribution in [0.15, 0.2) is 33.2 Å². The van der Waals surface area contributed by atoms with Crippen molar-refractivity contribution in [1.29, 1.82) is 0 Å². The largest absolute Gasteiger partial charge is 0.271 e. The fraction of sp³-hybridized carbons (Fsp3) is 0.400. The first-order valence-electron chi connectivity index (χ1n) is 6.49. The molecule has 0 spiro atoms. The van der Waals surface area contributed by atoms with Gasteiger partial charge in [0.05, 0.1) is 15.9 Å². The molecule has 1 aromatic carbocycles. The molecule has 0 atom stereocenters. The highest BCUT2D eigenvalue weighted by Gasteiger charge is 2.32. The van der Waals surface area contributed by atoms with Gasteiger partial charge in [-0.25, -0.2) is 0 Å². The number of alkyl halides is 2. The lowest BCUT2D eigenvalue weighted by Crippen LogP contribution is -2.33. The summed E-state index contributed by atoms with van der Waals surface area (Å²) in [6.07, 6.45) is 0.906. The Balaban J connectivity index is 2.45. The topological polar surface area (TPSA) is 17.8 Å².